The molecule has 7 heteroatoms. The van der Waals surface area contributed by atoms with Crippen molar-refractivity contribution in [2.24, 2.45) is 0 Å². The van der Waals surface area contributed by atoms with Gasteiger partial charge in [0.2, 0.25) is 0 Å². The fourth-order valence-corrected chi connectivity index (χ4v) is 4.39. The van der Waals surface area contributed by atoms with E-state index >= 15 is 0 Å². The van der Waals surface area contributed by atoms with Gasteiger partial charge in [-0.25, -0.2) is 4.79 Å². The van der Waals surface area contributed by atoms with Crippen molar-refractivity contribution < 1.29 is 9.53 Å². The van der Waals surface area contributed by atoms with Crippen molar-refractivity contribution in [3.8, 4) is 11.4 Å². The Labute approximate surface area is 208 Å². The predicted octanol–water partition coefficient (Wildman–Crippen LogP) is 5.48. The Morgan fingerprint density at radius 2 is 1.58 bits per heavy atom. The number of fused-ring (bicyclic) bond motifs is 1. The van der Waals surface area contributed by atoms with Crippen molar-refractivity contribution in [2.75, 3.05) is 0 Å². The van der Waals surface area contributed by atoms with Gasteiger partial charge in [-0.2, -0.15) is 5.10 Å². The van der Waals surface area contributed by atoms with Crippen LogP contribution in [0.25, 0.3) is 16.5 Å². The molecule has 36 heavy (non-hydrogen) atoms. The molecule has 0 radical (unpaired) electrons. The van der Waals surface area contributed by atoms with Crippen LogP contribution in [0.2, 0.25) is 0 Å². The maximum absolute atomic E-state index is 13.7. The molecular formula is C29H26N4O3. The lowest BCUT2D eigenvalue weighted by molar-refractivity contribution is 0.195. The third-order valence-electron chi connectivity index (χ3n) is 6.12. The Balaban J connectivity index is 1.64. The molecule has 0 bridgehead atoms. The van der Waals surface area contributed by atoms with Gasteiger partial charge in [-0.05, 0) is 36.2 Å². The minimum Gasteiger partial charge on any atom is -0.408 e. The number of nitrogens with one attached hydrogen (secondary N) is 1. The van der Waals surface area contributed by atoms with Crippen molar-refractivity contribution in [2.45, 2.75) is 25.9 Å². The van der Waals surface area contributed by atoms with Crippen LogP contribution in [-0.4, -0.2) is 20.4 Å². The van der Waals surface area contributed by atoms with Gasteiger partial charge in [0.25, 0.3) is 5.56 Å². The van der Waals surface area contributed by atoms with E-state index in [0.717, 1.165) is 5.56 Å². The Morgan fingerprint density at radius 3 is 2.25 bits per heavy atom. The predicted molar refractivity (Wildman–Crippen MR) is 140 cm³/mol. The minimum absolute atomic E-state index is 0.192. The fourth-order valence-electron chi connectivity index (χ4n) is 4.39. The first-order valence-corrected chi connectivity index (χ1v) is 11.9. The fraction of sp³-hybridized carbons (Fsp3) is 0.138. The molecule has 2 aromatic heterocycles. The number of carbonyl (C=O) groups is 1. The van der Waals surface area contributed by atoms with Crippen LogP contribution in [-0.2, 0) is 6.54 Å². The first-order chi connectivity index (χ1) is 17.7. The molecule has 5 aromatic rings. The summed E-state index contributed by atoms with van der Waals surface area (Å²) in [5.74, 6) is 0.324. The van der Waals surface area contributed by atoms with Crippen LogP contribution in [0, 0.1) is 0 Å². The summed E-state index contributed by atoms with van der Waals surface area (Å²) in [6.45, 7) is 2.24. The summed E-state index contributed by atoms with van der Waals surface area (Å²) >= 11 is 0. The van der Waals surface area contributed by atoms with E-state index in [1.54, 1.807) is 39.8 Å². The SMILES string of the molecule is CC[C@H](NC(=O)Oc1c(Cn2cccn2)n(-c2ccccc2)c(=O)c2ccccc12)c1ccccc1. The number of amides is 1. The number of nitrogens with zero attached hydrogens (tertiary/aromatic N) is 3. The maximum Gasteiger partial charge on any atom is 0.413 e. The van der Waals surface area contributed by atoms with E-state index in [0.29, 0.717) is 34.3 Å². The average Bonchev–Trinajstić information content (AvgIpc) is 3.44. The standard InChI is InChI=1S/C29H26N4O3/c1-2-25(21-12-5-3-6-13-21)31-29(35)36-27-23-16-9-10-17-24(23)28(34)33(22-14-7-4-8-15-22)26(27)20-32-19-11-18-30-32/h3-19,25H,2,20H2,1H3,(H,31,35)/t25-/m0/s1. The van der Waals surface area contributed by atoms with E-state index in [2.05, 4.69) is 10.4 Å². The summed E-state index contributed by atoms with van der Waals surface area (Å²) in [5, 5.41) is 8.34. The van der Waals surface area contributed by atoms with Gasteiger partial charge in [0.05, 0.1) is 23.7 Å². The molecular weight excluding hydrogens is 452 g/mol. The number of para-hydroxylation sites is 1. The molecule has 1 atom stereocenters. The summed E-state index contributed by atoms with van der Waals surface area (Å²) < 4.78 is 9.33. The van der Waals surface area contributed by atoms with E-state index in [-0.39, 0.29) is 18.1 Å². The summed E-state index contributed by atoms with van der Waals surface area (Å²) in [4.78, 5) is 26.9. The quantitative estimate of drug-likeness (QED) is 0.336. The molecule has 0 saturated carbocycles. The van der Waals surface area contributed by atoms with Gasteiger partial charge in [0, 0.05) is 23.5 Å². The lowest BCUT2D eigenvalue weighted by Gasteiger charge is -2.21. The molecule has 2 heterocycles. The second-order valence-electron chi connectivity index (χ2n) is 8.41. The highest BCUT2D eigenvalue weighted by atomic mass is 16.6. The van der Waals surface area contributed by atoms with Crippen LogP contribution in [0.15, 0.2) is 108 Å². The molecule has 0 aliphatic rings. The van der Waals surface area contributed by atoms with Gasteiger partial charge in [-0.15, -0.1) is 0 Å². The number of hydrogen-bond donors (Lipinski definition) is 1. The van der Waals surface area contributed by atoms with E-state index in [1.165, 1.54) is 0 Å². The molecule has 180 valence electrons. The number of aromatic nitrogens is 3. The summed E-state index contributed by atoms with van der Waals surface area (Å²) in [7, 11) is 0. The highest BCUT2D eigenvalue weighted by Crippen LogP contribution is 2.31. The third kappa shape index (κ3) is 4.63. The molecule has 0 spiro atoms. The monoisotopic (exact) mass is 478 g/mol. The Bertz CT molecular complexity index is 1530. The molecule has 1 N–H and O–H groups in total. The molecule has 7 nitrogen and oxygen atoms in total. The van der Waals surface area contributed by atoms with Gasteiger partial charge >= 0.3 is 6.09 Å². The second kappa shape index (κ2) is 10.3. The normalized spacial score (nSPS) is 11.8. The van der Waals surface area contributed by atoms with Crippen molar-refractivity contribution in [3.63, 3.8) is 0 Å². The number of rotatable bonds is 7. The maximum atomic E-state index is 13.7. The van der Waals surface area contributed by atoms with Crippen LogP contribution in [0.4, 0.5) is 4.79 Å². The Hall–Kier alpha value is -4.65. The molecule has 0 aliphatic heterocycles. The molecule has 3 aromatic carbocycles. The van der Waals surface area contributed by atoms with Crippen LogP contribution >= 0.6 is 0 Å². The zero-order valence-electron chi connectivity index (χ0n) is 19.9. The molecule has 1 amide bonds. The van der Waals surface area contributed by atoms with Gasteiger partial charge < -0.3 is 10.1 Å². The zero-order valence-corrected chi connectivity index (χ0v) is 19.9. The van der Waals surface area contributed by atoms with E-state index < -0.39 is 6.09 Å². The van der Waals surface area contributed by atoms with Crippen molar-refractivity contribution in [3.05, 3.63) is 125 Å². The Kier molecular flexibility index (Phi) is 6.62. The minimum atomic E-state index is -0.587. The van der Waals surface area contributed by atoms with Crippen molar-refractivity contribution in [1.29, 1.82) is 0 Å². The number of pyridine rings is 1. The van der Waals surface area contributed by atoms with Crippen molar-refractivity contribution in [1.82, 2.24) is 19.7 Å². The summed E-state index contributed by atoms with van der Waals surface area (Å²) in [6, 6.07) is 27.9. The van der Waals surface area contributed by atoms with Crippen LogP contribution in [0.5, 0.6) is 5.75 Å². The van der Waals surface area contributed by atoms with Crippen molar-refractivity contribution >= 4 is 16.9 Å². The molecule has 5 rings (SSSR count). The first kappa shape index (κ1) is 23.1. The van der Waals surface area contributed by atoms with E-state index in [1.807, 2.05) is 79.7 Å². The number of benzene rings is 3. The largest absolute Gasteiger partial charge is 0.413 e. The summed E-state index contributed by atoms with van der Waals surface area (Å²) in [5.41, 5.74) is 2.00. The third-order valence-corrected chi connectivity index (χ3v) is 6.12. The molecule has 0 fully saturated rings. The van der Waals surface area contributed by atoms with E-state index in [4.69, 9.17) is 4.74 Å². The smallest absolute Gasteiger partial charge is 0.408 e. The van der Waals surface area contributed by atoms with Gasteiger partial charge in [-0.1, -0.05) is 73.7 Å². The van der Waals surface area contributed by atoms with Crippen LogP contribution in [0.3, 0.4) is 0 Å². The lowest BCUT2D eigenvalue weighted by Crippen LogP contribution is -2.32. The number of carbonyl (C=O) groups excluding carboxylic acids is 1. The molecule has 0 unspecified atom stereocenters. The lowest BCUT2D eigenvalue weighted by atomic mass is 10.1. The van der Waals surface area contributed by atoms with Crippen LogP contribution < -0.4 is 15.6 Å². The van der Waals surface area contributed by atoms with Crippen LogP contribution in [0.1, 0.15) is 30.6 Å². The average molecular weight is 479 g/mol. The topological polar surface area (TPSA) is 78.2 Å². The zero-order chi connectivity index (χ0) is 24.9. The van der Waals surface area contributed by atoms with Gasteiger partial charge in [0.1, 0.15) is 0 Å². The van der Waals surface area contributed by atoms with Gasteiger partial charge in [-0.3, -0.25) is 14.0 Å². The van der Waals surface area contributed by atoms with E-state index in [9.17, 15) is 9.59 Å². The number of hydrogen-bond acceptors (Lipinski definition) is 4. The highest BCUT2D eigenvalue weighted by Gasteiger charge is 2.23. The number of ether oxygens (including phenoxy) is 1. The second-order valence-corrected chi connectivity index (χ2v) is 8.41. The molecule has 0 saturated heterocycles. The first-order valence-electron chi connectivity index (χ1n) is 11.9. The highest BCUT2D eigenvalue weighted by molar-refractivity contribution is 5.91. The Morgan fingerprint density at radius 1 is 0.917 bits per heavy atom. The molecule has 0 aliphatic carbocycles. The van der Waals surface area contributed by atoms with Gasteiger partial charge in [0.15, 0.2) is 5.75 Å². The summed E-state index contributed by atoms with van der Waals surface area (Å²) in [6.07, 6.45) is 3.59.